The highest BCUT2D eigenvalue weighted by atomic mass is 16.5. The molecule has 0 unspecified atom stereocenters. The molecule has 4 rings (SSSR count). The second-order valence-electron chi connectivity index (χ2n) is 8.46. The lowest BCUT2D eigenvalue weighted by Gasteiger charge is -2.37. The molecule has 0 fully saturated rings. The van der Waals surface area contributed by atoms with E-state index in [1.807, 2.05) is 56.9 Å². The first-order valence-electron chi connectivity index (χ1n) is 12.7. The summed E-state index contributed by atoms with van der Waals surface area (Å²) >= 11 is 0. The fourth-order valence-corrected chi connectivity index (χ4v) is 4.70. The molecule has 1 aromatic heterocycles. The minimum atomic E-state index is -0.214. The van der Waals surface area contributed by atoms with Gasteiger partial charge < -0.3 is 28.3 Å². The Labute approximate surface area is 212 Å². The van der Waals surface area contributed by atoms with Gasteiger partial charge in [-0.15, -0.1) is 0 Å². The minimum absolute atomic E-state index is 0.126. The first-order valence-corrected chi connectivity index (χ1v) is 12.7. The number of amides is 1. The lowest BCUT2D eigenvalue weighted by Crippen LogP contribution is -2.41. The molecule has 2 aromatic carbocycles. The molecule has 0 N–H and O–H groups in total. The van der Waals surface area contributed by atoms with Crippen molar-refractivity contribution in [2.75, 3.05) is 33.0 Å². The summed E-state index contributed by atoms with van der Waals surface area (Å²) in [7, 11) is 0. The van der Waals surface area contributed by atoms with Crippen LogP contribution in [0.2, 0.25) is 0 Å². The van der Waals surface area contributed by atoms with Crippen LogP contribution in [-0.4, -0.2) is 43.8 Å². The Morgan fingerprint density at radius 1 is 0.861 bits per heavy atom. The zero-order valence-electron chi connectivity index (χ0n) is 21.5. The van der Waals surface area contributed by atoms with Crippen molar-refractivity contribution in [2.24, 2.45) is 0 Å². The average molecular weight is 494 g/mol. The standard InChI is InChI=1S/C29H35NO6/c1-5-32-24-12-11-20(17-26(24)33-6-2)16-23-22-19-28(35-8-4)27(34-7-3)18-21(22)13-14-30(23)29(31)25-10-9-15-36-25/h9-12,15,17-19,23H,5-8,13-14,16H2,1-4H3/t23-/m1/s1. The molecule has 0 aliphatic carbocycles. The quantitative estimate of drug-likeness (QED) is 0.333. The van der Waals surface area contributed by atoms with Crippen LogP contribution in [0.5, 0.6) is 23.0 Å². The molecule has 1 amide bonds. The lowest BCUT2D eigenvalue weighted by molar-refractivity contribution is 0.0626. The van der Waals surface area contributed by atoms with E-state index >= 15 is 0 Å². The molecule has 36 heavy (non-hydrogen) atoms. The molecule has 0 spiro atoms. The molecule has 0 saturated heterocycles. The van der Waals surface area contributed by atoms with Crippen LogP contribution < -0.4 is 18.9 Å². The molecule has 1 aliphatic rings. The highest BCUT2D eigenvalue weighted by Crippen LogP contribution is 2.41. The van der Waals surface area contributed by atoms with Gasteiger partial charge in [-0.05, 0) is 93.6 Å². The number of rotatable bonds is 11. The average Bonchev–Trinajstić information content (AvgIpc) is 3.42. The predicted octanol–water partition coefficient (Wildman–Crippen LogP) is 5.86. The lowest BCUT2D eigenvalue weighted by atomic mass is 9.87. The van der Waals surface area contributed by atoms with Crippen LogP contribution in [0.15, 0.2) is 53.1 Å². The molecule has 7 nitrogen and oxygen atoms in total. The van der Waals surface area contributed by atoms with Gasteiger partial charge in [0, 0.05) is 6.54 Å². The molecular formula is C29H35NO6. The van der Waals surface area contributed by atoms with Gasteiger partial charge in [0.1, 0.15) is 0 Å². The van der Waals surface area contributed by atoms with E-state index in [-0.39, 0.29) is 11.9 Å². The predicted molar refractivity (Wildman–Crippen MR) is 137 cm³/mol. The summed E-state index contributed by atoms with van der Waals surface area (Å²) in [4.78, 5) is 15.4. The van der Waals surface area contributed by atoms with Gasteiger partial charge in [0.25, 0.3) is 5.91 Å². The summed E-state index contributed by atoms with van der Waals surface area (Å²) in [5.41, 5.74) is 3.26. The summed E-state index contributed by atoms with van der Waals surface area (Å²) in [6.45, 7) is 10.6. The third kappa shape index (κ3) is 5.45. The van der Waals surface area contributed by atoms with Gasteiger partial charge in [0.05, 0.1) is 38.7 Å². The summed E-state index contributed by atoms with van der Waals surface area (Å²) in [6.07, 6.45) is 2.85. The number of carbonyl (C=O) groups is 1. The molecular weight excluding hydrogens is 458 g/mol. The minimum Gasteiger partial charge on any atom is -0.490 e. The van der Waals surface area contributed by atoms with Crippen LogP contribution >= 0.6 is 0 Å². The largest absolute Gasteiger partial charge is 0.490 e. The molecule has 2 heterocycles. The Kier molecular flexibility index (Phi) is 8.41. The highest BCUT2D eigenvalue weighted by Gasteiger charge is 2.34. The van der Waals surface area contributed by atoms with Gasteiger partial charge >= 0.3 is 0 Å². The number of hydrogen-bond donors (Lipinski definition) is 0. The van der Waals surface area contributed by atoms with Gasteiger partial charge in [0.2, 0.25) is 0 Å². The maximum atomic E-state index is 13.5. The van der Waals surface area contributed by atoms with E-state index in [1.165, 1.54) is 6.26 Å². The maximum Gasteiger partial charge on any atom is 0.290 e. The van der Waals surface area contributed by atoms with Crippen LogP contribution in [0.4, 0.5) is 0 Å². The van der Waals surface area contributed by atoms with Gasteiger partial charge in [-0.3, -0.25) is 4.79 Å². The number of fused-ring (bicyclic) bond motifs is 1. The van der Waals surface area contributed by atoms with E-state index in [4.69, 9.17) is 23.4 Å². The molecule has 1 aliphatic heterocycles. The summed E-state index contributed by atoms with van der Waals surface area (Å²) in [5.74, 6) is 3.06. The van der Waals surface area contributed by atoms with E-state index in [9.17, 15) is 4.79 Å². The number of nitrogens with zero attached hydrogens (tertiary/aromatic N) is 1. The van der Waals surface area contributed by atoms with Crippen molar-refractivity contribution in [3.05, 3.63) is 71.2 Å². The molecule has 7 heteroatoms. The van der Waals surface area contributed by atoms with E-state index < -0.39 is 0 Å². The zero-order valence-corrected chi connectivity index (χ0v) is 21.5. The Balaban J connectivity index is 1.76. The van der Waals surface area contributed by atoms with Crippen molar-refractivity contribution in [1.29, 1.82) is 0 Å². The summed E-state index contributed by atoms with van der Waals surface area (Å²) in [6, 6.07) is 13.3. The van der Waals surface area contributed by atoms with Crippen LogP contribution in [0.25, 0.3) is 0 Å². The van der Waals surface area contributed by atoms with Gasteiger partial charge in [0.15, 0.2) is 28.8 Å². The first-order chi connectivity index (χ1) is 17.6. The van der Waals surface area contributed by atoms with E-state index in [0.717, 1.165) is 34.6 Å². The fourth-order valence-electron chi connectivity index (χ4n) is 4.70. The van der Waals surface area contributed by atoms with Crippen molar-refractivity contribution in [2.45, 2.75) is 46.6 Å². The normalized spacial score (nSPS) is 14.8. The van der Waals surface area contributed by atoms with Gasteiger partial charge in [-0.2, -0.15) is 0 Å². The topological polar surface area (TPSA) is 70.4 Å². The Morgan fingerprint density at radius 2 is 1.50 bits per heavy atom. The van der Waals surface area contributed by atoms with E-state index in [2.05, 4.69) is 6.07 Å². The second-order valence-corrected chi connectivity index (χ2v) is 8.46. The van der Waals surface area contributed by atoms with Crippen molar-refractivity contribution in [3.8, 4) is 23.0 Å². The number of ether oxygens (including phenoxy) is 4. The maximum absolute atomic E-state index is 13.5. The van der Waals surface area contributed by atoms with Crippen molar-refractivity contribution >= 4 is 5.91 Å². The SMILES string of the molecule is CCOc1ccc(C[C@@H]2c3cc(OCC)c(OCC)cc3CCN2C(=O)c2ccco2)cc1OCC. The zero-order chi connectivity index (χ0) is 25.5. The number of hydrogen-bond acceptors (Lipinski definition) is 6. The summed E-state index contributed by atoms with van der Waals surface area (Å²) < 4.78 is 28.9. The third-order valence-corrected chi connectivity index (χ3v) is 6.19. The molecule has 0 saturated carbocycles. The highest BCUT2D eigenvalue weighted by molar-refractivity contribution is 5.92. The van der Waals surface area contributed by atoms with Crippen LogP contribution in [-0.2, 0) is 12.8 Å². The Bertz CT molecular complexity index is 1160. The van der Waals surface area contributed by atoms with Gasteiger partial charge in [-0.25, -0.2) is 0 Å². The van der Waals surface area contributed by atoms with Crippen molar-refractivity contribution < 1.29 is 28.2 Å². The monoisotopic (exact) mass is 493 g/mol. The Morgan fingerprint density at radius 3 is 2.14 bits per heavy atom. The fraction of sp³-hybridized carbons (Fsp3) is 0.414. The van der Waals surface area contributed by atoms with Crippen LogP contribution in [0, 0.1) is 0 Å². The smallest absolute Gasteiger partial charge is 0.290 e. The number of carbonyl (C=O) groups excluding carboxylic acids is 1. The molecule has 3 aromatic rings. The summed E-state index contributed by atoms with van der Waals surface area (Å²) in [5, 5.41) is 0. The van der Waals surface area contributed by atoms with Gasteiger partial charge in [-0.1, -0.05) is 6.07 Å². The third-order valence-electron chi connectivity index (χ3n) is 6.19. The molecule has 0 bridgehead atoms. The van der Waals surface area contributed by atoms with Crippen LogP contribution in [0.3, 0.4) is 0 Å². The van der Waals surface area contributed by atoms with Crippen molar-refractivity contribution in [1.82, 2.24) is 4.90 Å². The first kappa shape index (κ1) is 25.5. The second kappa shape index (κ2) is 11.9. The molecule has 192 valence electrons. The number of benzene rings is 2. The van der Waals surface area contributed by atoms with E-state index in [0.29, 0.717) is 56.7 Å². The number of furan rings is 1. The Hall–Kier alpha value is -3.61. The van der Waals surface area contributed by atoms with E-state index in [1.54, 1.807) is 12.1 Å². The van der Waals surface area contributed by atoms with Crippen molar-refractivity contribution in [3.63, 3.8) is 0 Å². The molecule has 1 atom stereocenters. The van der Waals surface area contributed by atoms with Crippen LogP contribution in [0.1, 0.15) is 61.0 Å². The molecule has 0 radical (unpaired) electrons.